The topological polar surface area (TPSA) is 140 Å². The highest BCUT2D eigenvalue weighted by Gasteiger charge is 2.48. The number of carbonyl (C=O) groups excluding carboxylic acids is 3. The Labute approximate surface area is 250 Å². The second-order valence-corrected chi connectivity index (χ2v) is 14.5. The largest absolute Gasteiger partial charge is 0.363 e. The highest BCUT2D eigenvalue weighted by molar-refractivity contribution is 7.51. The zero-order valence-corrected chi connectivity index (χ0v) is 24.9. The molecule has 14 heteroatoms. The summed E-state index contributed by atoms with van der Waals surface area (Å²) in [5.41, 5.74) is 0.287. The van der Waals surface area contributed by atoms with Gasteiger partial charge in [-0.1, -0.05) is 13.0 Å². The zero-order chi connectivity index (χ0) is 30.6. The van der Waals surface area contributed by atoms with Gasteiger partial charge in [-0.3, -0.25) is 23.9 Å². The van der Waals surface area contributed by atoms with E-state index in [0.717, 1.165) is 11.3 Å². The van der Waals surface area contributed by atoms with Gasteiger partial charge < -0.3 is 24.9 Å². The summed E-state index contributed by atoms with van der Waals surface area (Å²) < 4.78 is 40.4. The summed E-state index contributed by atoms with van der Waals surface area (Å²) in [6.07, 6.45) is 5.19. The van der Waals surface area contributed by atoms with E-state index in [-0.39, 0.29) is 45.9 Å². The average molecular weight is 633 g/mol. The Balaban J connectivity index is 1.16. The third kappa shape index (κ3) is 5.71. The van der Waals surface area contributed by atoms with E-state index >= 15 is 0 Å². The number of halogens is 2. The van der Waals surface area contributed by atoms with Crippen LogP contribution in [0.2, 0.25) is 0 Å². The zero-order valence-electron chi connectivity index (χ0n) is 23.2. The van der Waals surface area contributed by atoms with Crippen molar-refractivity contribution >= 4 is 46.7 Å². The SMILES string of the molecule is C[C@@H]1C[C@H]2CC[C@@H](C(=O)N3CC(c4cnccc4F)C3)N2C(=O)[C@@H](NC(=O)c2cc3cc(C(F)P(=O)(O)O)ccc3s2)C1. The number of nitrogens with one attached hydrogen (secondary N) is 1. The van der Waals surface area contributed by atoms with Crippen LogP contribution in [0.3, 0.4) is 0 Å². The molecule has 1 aromatic carbocycles. The van der Waals surface area contributed by atoms with Crippen LogP contribution in [0, 0.1) is 11.7 Å². The summed E-state index contributed by atoms with van der Waals surface area (Å²) in [7, 11) is -4.98. The lowest BCUT2D eigenvalue weighted by molar-refractivity contribution is -0.148. The first kappa shape index (κ1) is 29.8. The molecule has 1 unspecified atom stereocenters. The van der Waals surface area contributed by atoms with Crippen molar-refractivity contribution in [3.05, 3.63) is 64.5 Å². The molecule has 3 saturated heterocycles. The van der Waals surface area contributed by atoms with Crippen molar-refractivity contribution in [2.45, 2.75) is 62.6 Å². The lowest BCUT2D eigenvalue weighted by Gasteiger charge is -2.42. The maximum Gasteiger partial charge on any atom is 0.363 e. The standard InChI is InChI=1S/C29H31F2N4O6PS/c1-15-8-19-3-4-23(29(38)34-13-18(14-34)20-12-32-7-6-21(20)30)35(19)28(37)22(9-15)33-27(36)25-11-17-10-16(2-5-24(17)43-25)26(31)42(39,40)41/h2,5-7,10-12,15,18-19,22-23,26H,3-4,8-9,13-14H2,1H3,(H,33,36)(H2,39,40,41)/t15-,19-,22+,23+,26?/m1/s1. The predicted octanol–water partition coefficient (Wildman–Crippen LogP) is 4.10. The quantitative estimate of drug-likeness (QED) is 0.348. The Morgan fingerprint density at radius 1 is 1.16 bits per heavy atom. The van der Waals surface area contributed by atoms with E-state index in [1.165, 1.54) is 42.7 Å². The number of hydrogen-bond donors (Lipinski definition) is 3. The summed E-state index contributed by atoms with van der Waals surface area (Å²) in [6, 6.07) is 5.28. The molecule has 0 spiro atoms. The Hall–Kier alpha value is -3.25. The van der Waals surface area contributed by atoms with Gasteiger partial charge in [0.1, 0.15) is 17.9 Å². The maximum absolute atomic E-state index is 14.2. The summed E-state index contributed by atoms with van der Waals surface area (Å²) in [5.74, 6) is -3.83. The van der Waals surface area contributed by atoms with Crippen LogP contribution in [-0.4, -0.2) is 73.5 Å². The molecule has 3 aliphatic heterocycles. The molecule has 0 aliphatic carbocycles. The monoisotopic (exact) mass is 632 g/mol. The molecule has 6 rings (SSSR count). The average Bonchev–Trinajstić information content (AvgIpc) is 3.52. The normalized spacial score (nSPS) is 25.3. The van der Waals surface area contributed by atoms with Gasteiger partial charge in [-0.2, -0.15) is 0 Å². The van der Waals surface area contributed by atoms with Crippen molar-refractivity contribution in [2.75, 3.05) is 13.1 Å². The number of rotatable bonds is 6. The minimum atomic E-state index is -4.98. The molecule has 10 nitrogen and oxygen atoms in total. The molecule has 0 radical (unpaired) electrons. The summed E-state index contributed by atoms with van der Waals surface area (Å²) in [4.78, 5) is 66.7. The molecule has 3 amide bonds. The molecule has 228 valence electrons. The van der Waals surface area contributed by atoms with Crippen molar-refractivity contribution in [2.24, 2.45) is 5.92 Å². The first-order chi connectivity index (χ1) is 20.4. The number of amides is 3. The summed E-state index contributed by atoms with van der Waals surface area (Å²) in [5, 5.41) is 3.30. The van der Waals surface area contributed by atoms with E-state index in [9.17, 15) is 37.5 Å². The fourth-order valence-electron chi connectivity index (χ4n) is 6.56. The first-order valence-electron chi connectivity index (χ1n) is 14.1. The number of hydrogen-bond acceptors (Lipinski definition) is 6. The number of aromatic nitrogens is 1. The van der Waals surface area contributed by atoms with E-state index in [0.29, 0.717) is 54.4 Å². The number of fused-ring (bicyclic) bond motifs is 2. The van der Waals surface area contributed by atoms with Gasteiger partial charge >= 0.3 is 7.60 Å². The van der Waals surface area contributed by atoms with Gasteiger partial charge in [0.2, 0.25) is 17.7 Å². The van der Waals surface area contributed by atoms with Gasteiger partial charge in [-0.25, -0.2) is 8.78 Å². The molecule has 3 aromatic rings. The number of pyridine rings is 1. The third-order valence-electron chi connectivity index (χ3n) is 8.72. The van der Waals surface area contributed by atoms with Crippen LogP contribution in [0.15, 0.2) is 42.7 Å². The van der Waals surface area contributed by atoms with E-state index in [1.807, 2.05) is 6.92 Å². The van der Waals surface area contributed by atoms with Crippen LogP contribution in [0.25, 0.3) is 10.1 Å². The number of nitrogens with zero attached hydrogens (tertiary/aromatic N) is 3. The minimum Gasteiger partial charge on any atom is -0.340 e. The Morgan fingerprint density at radius 2 is 1.93 bits per heavy atom. The van der Waals surface area contributed by atoms with Gasteiger partial charge in [0, 0.05) is 47.7 Å². The third-order valence-corrected chi connectivity index (χ3v) is 10.7. The first-order valence-corrected chi connectivity index (χ1v) is 16.6. The number of carbonyl (C=O) groups is 3. The fourth-order valence-corrected chi connectivity index (χ4v) is 8.05. The second-order valence-electron chi connectivity index (χ2n) is 11.8. The van der Waals surface area contributed by atoms with Crippen molar-refractivity contribution in [1.82, 2.24) is 20.1 Å². The molecular weight excluding hydrogens is 601 g/mol. The van der Waals surface area contributed by atoms with Crippen molar-refractivity contribution in [3.8, 4) is 0 Å². The van der Waals surface area contributed by atoms with Gasteiger partial charge in [-0.15, -0.1) is 11.3 Å². The number of alkyl halides is 1. The minimum absolute atomic E-state index is 0.110. The molecule has 2 aromatic heterocycles. The Morgan fingerprint density at radius 3 is 2.65 bits per heavy atom. The molecular formula is C29H31F2N4O6PS. The van der Waals surface area contributed by atoms with Crippen molar-refractivity contribution < 1.29 is 37.5 Å². The predicted molar refractivity (Wildman–Crippen MR) is 155 cm³/mol. The van der Waals surface area contributed by atoms with Crippen LogP contribution in [0.5, 0.6) is 0 Å². The van der Waals surface area contributed by atoms with Gasteiger partial charge in [0.05, 0.1) is 4.88 Å². The highest BCUT2D eigenvalue weighted by Crippen LogP contribution is 2.53. The number of benzene rings is 1. The second kappa shape index (κ2) is 11.4. The summed E-state index contributed by atoms with van der Waals surface area (Å²) in [6.45, 7) is 2.72. The molecule has 0 bridgehead atoms. The number of thiophene rings is 1. The lowest BCUT2D eigenvalue weighted by Crippen LogP contribution is -2.58. The van der Waals surface area contributed by atoms with Crippen molar-refractivity contribution in [1.29, 1.82) is 0 Å². The van der Waals surface area contributed by atoms with E-state index in [1.54, 1.807) is 9.80 Å². The highest BCUT2D eigenvalue weighted by atomic mass is 32.1. The summed E-state index contributed by atoms with van der Waals surface area (Å²) >= 11 is 1.12. The molecule has 3 fully saturated rings. The Bertz CT molecular complexity index is 1640. The fraction of sp³-hybridized carbons (Fsp3) is 0.448. The van der Waals surface area contributed by atoms with Crippen molar-refractivity contribution in [3.63, 3.8) is 0 Å². The Kier molecular flexibility index (Phi) is 7.87. The number of likely N-dealkylation sites (tertiary alicyclic amines) is 1. The van der Waals surface area contributed by atoms with Gasteiger partial charge in [-0.05, 0) is 66.8 Å². The molecule has 3 aliphatic rings. The van der Waals surface area contributed by atoms with E-state index < -0.39 is 31.5 Å². The van der Waals surface area contributed by atoms with Gasteiger partial charge in [0.25, 0.3) is 5.91 Å². The maximum atomic E-state index is 14.2. The smallest absolute Gasteiger partial charge is 0.340 e. The molecule has 5 heterocycles. The van der Waals surface area contributed by atoms with Gasteiger partial charge in [0.15, 0.2) is 0 Å². The van der Waals surface area contributed by atoms with E-state index in [4.69, 9.17) is 0 Å². The molecule has 43 heavy (non-hydrogen) atoms. The van der Waals surface area contributed by atoms with E-state index in [2.05, 4.69) is 10.3 Å². The van der Waals surface area contributed by atoms with Crippen LogP contribution in [0.4, 0.5) is 8.78 Å². The van der Waals surface area contributed by atoms with Crippen LogP contribution >= 0.6 is 18.9 Å². The van der Waals surface area contributed by atoms with Crippen LogP contribution in [-0.2, 0) is 14.2 Å². The molecule has 5 atom stereocenters. The lowest BCUT2D eigenvalue weighted by atomic mass is 9.91. The molecule has 3 N–H and O–H groups in total. The van der Waals surface area contributed by atoms with Crippen LogP contribution in [0.1, 0.15) is 65.2 Å². The molecule has 0 saturated carbocycles. The van der Waals surface area contributed by atoms with Crippen LogP contribution < -0.4 is 5.32 Å².